The number of hydrogen-bond donors (Lipinski definition) is 1. The topological polar surface area (TPSA) is 35.2 Å². The second-order valence-electron chi connectivity index (χ2n) is 3.90. The molecule has 0 fully saturated rings. The van der Waals surface area contributed by atoms with Gasteiger partial charge in [0.1, 0.15) is 10.7 Å². The van der Waals surface area contributed by atoms with Crippen LogP contribution in [0.4, 0.5) is 0 Å². The molecule has 1 aromatic carbocycles. The van der Waals surface area contributed by atoms with Gasteiger partial charge in [-0.25, -0.2) is 0 Å². The molecule has 0 spiro atoms. The second-order valence-corrected chi connectivity index (χ2v) is 4.34. The van der Waals surface area contributed by atoms with Crippen LogP contribution in [0.25, 0.3) is 0 Å². The molecule has 0 unspecified atom stereocenters. The van der Waals surface area contributed by atoms with Crippen molar-refractivity contribution < 1.29 is 4.74 Å². The predicted molar refractivity (Wildman–Crippen MR) is 72.1 cm³/mol. The lowest BCUT2D eigenvalue weighted by Crippen LogP contribution is -2.11. The van der Waals surface area contributed by atoms with Crippen LogP contribution in [0.3, 0.4) is 0 Å². The van der Waals surface area contributed by atoms with Gasteiger partial charge in [0.05, 0.1) is 6.61 Å². The van der Waals surface area contributed by atoms with Crippen molar-refractivity contribution in [1.29, 1.82) is 0 Å². The zero-order chi connectivity index (χ0) is 12.0. The third-order valence-corrected chi connectivity index (χ3v) is 2.70. The fourth-order valence-electron chi connectivity index (χ4n) is 1.54. The Labute approximate surface area is 103 Å². The van der Waals surface area contributed by atoms with Gasteiger partial charge in [0.2, 0.25) is 0 Å². The van der Waals surface area contributed by atoms with Gasteiger partial charge in [-0.15, -0.1) is 0 Å². The van der Waals surface area contributed by atoms with E-state index in [9.17, 15) is 0 Å². The van der Waals surface area contributed by atoms with Crippen molar-refractivity contribution in [2.75, 3.05) is 6.61 Å². The molecule has 0 bridgehead atoms. The van der Waals surface area contributed by atoms with E-state index in [2.05, 4.69) is 6.92 Å². The molecule has 0 saturated carbocycles. The van der Waals surface area contributed by atoms with E-state index >= 15 is 0 Å². The summed E-state index contributed by atoms with van der Waals surface area (Å²) >= 11 is 4.95. The summed E-state index contributed by atoms with van der Waals surface area (Å²) in [6.45, 7) is 4.95. The third-order valence-electron chi connectivity index (χ3n) is 2.48. The summed E-state index contributed by atoms with van der Waals surface area (Å²) in [6.07, 6.45) is 3.53. The van der Waals surface area contributed by atoms with Gasteiger partial charge in [-0.2, -0.15) is 0 Å². The number of hydrogen-bond acceptors (Lipinski definition) is 2. The summed E-state index contributed by atoms with van der Waals surface area (Å²) in [5.74, 6) is 0.897. The van der Waals surface area contributed by atoms with E-state index in [1.807, 2.05) is 25.1 Å². The van der Waals surface area contributed by atoms with Gasteiger partial charge in [-0.3, -0.25) is 0 Å². The maximum absolute atomic E-state index is 5.64. The highest BCUT2D eigenvalue weighted by Gasteiger charge is 2.02. The lowest BCUT2D eigenvalue weighted by atomic mass is 10.1. The smallest absolute Gasteiger partial charge is 0.119 e. The highest BCUT2D eigenvalue weighted by Crippen LogP contribution is 2.17. The van der Waals surface area contributed by atoms with E-state index in [4.69, 9.17) is 22.7 Å². The summed E-state index contributed by atoms with van der Waals surface area (Å²) in [6, 6.07) is 5.83. The molecule has 1 rings (SSSR count). The highest BCUT2D eigenvalue weighted by molar-refractivity contribution is 7.80. The first-order valence-electron chi connectivity index (χ1n) is 5.68. The first-order valence-corrected chi connectivity index (χ1v) is 6.09. The normalized spacial score (nSPS) is 10.1. The van der Waals surface area contributed by atoms with Crippen molar-refractivity contribution in [3.8, 4) is 5.75 Å². The van der Waals surface area contributed by atoms with Crippen LogP contribution in [-0.4, -0.2) is 11.6 Å². The molecule has 0 atom stereocenters. The number of ether oxygens (including phenoxy) is 1. The second kappa shape index (κ2) is 6.48. The van der Waals surface area contributed by atoms with E-state index in [0.717, 1.165) is 29.9 Å². The Morgan fingerprint density at radius 1 is 1.38 bits per heavy atom. The fourth-order valence-corrected chi connectivity index (χ4v) is 1.77. The lowest BCUT2D eigenvalue weighted by molar-refractivity contribution is 0.306. The molecule has 0 aromatic heterocycles. The Morgan fingerprint density at radius 3 is 2.69 bits per heavy atom. The van der Waals surface area contributed by atoms with Crippen LogP contribution < -0.4 is 10.5 Å². The Hall–Kier alpha value is -1.09. The highest BCUT2D eigenvalue weighted by atomic mass is 32.1. The van der Waals surface area contributed by atoms with Crippen molar-refractivity contribution in [1.82, 2.24) is 0 Å². The molecule has 2 nitrogen and oxygen atoms in total. The number of aryl methyl sites for hydroxylation is 1. The van der Waals surface area contributed by atoms with E-state index in [0.29, 0.717) is 4.99 Å². The number of nitrogens with two attached hydrogens (primary N) is 1. The van der Waals surface area contributed by atoms with Gasteiger partial charge in [-0.1, -0.05) is 32.0 Å². The minimum atomic E-state index is 0.440. The Morgan fingerprint density at radius 2 is 2.12 bits per heavy atom. The maximum atomic E-state index is 5.64. The van der Waals surface area contributed by atoms with Gasteiger partial charge in [0.25, 0.3) is 0 Å². The van der Waals surface area contributed by atoms with E-state index in [1.54, 1.807) is 0 Å². The molecule has 0 saturated heterocycles. The summed E-state index contributed by atoms with van der Waals surface area (Å²) in [7, 11) is 0. The molecule has 1 aromatic rings. The van der Waals surface area contributed by atoms with Crippen LogP contribution in [0.5, 0.6) is 5.75 Å². The molecule has 0 heterocycles. The average Bonchev–Trinajstić information content (AvgIpc) is 2.24. The van der Waals surface area contributed by atoms with Crippen LogP contribution in [0.2, 0.25) is 0 Å². The molecule has 0 aliphatic heterocycles. The molecule has 2 N–H and O–H groups in total. The largest absolute Gasteiger partial charge is 0.494 e. The maximum Gasteiger partial charge on any atom is 0.119 e. The van der Waals surface area contributed by atoms with Crippen molar-refractivity contribution in [3.63, 3.8) is 0 Å². The zero-order valence-electron chi connectivity index (χ0n) is 9.95. The van der Waals surface area contributed by atoms with E-state index < -0.39 is 0 Å². The molecule has 16 heavy (non-hydrogen) atoms. The summed E-state index contributed by atoms with van der Waals surface area (Å²) in [5.41, 5.74) is 7.59. The SMILES string of the molecule is CCCCCOc1ccc(C(N)=S)c(C)c1. The molecule has 0 amide bonds. The van der Waals surface area contributed by atoms with Crippen molar-refractivity contribution >= 4 is 17.2 Å². The predicted octanol–water partition coefficient (Wildman–Crippen LogP) is 3.20. The fraction of sp³-hybridized carbons (Fsp3) is 0.462. The monoisotopic (exact) mass is 237 g/mol. The molecule has 0 aliphatic rings. The first kappa shape index (κ1) is 13.0. The average molecular weight is 237 g/mol. The van der Waals surface area contributed by atoms with Crippen LogP contribution in [0.15, 0.2) is 18.2 Å². The minimum absolute atomic E-state index is 0.440. The van der Waals surface area contributed by atoms with Crippen molar-refractivity contribution in [3.05, 3.63) is 29.3 Å². The summed E-state index contributed by atoms with van der Waals surface area (Å²) in [4.78, 5) is 0.440. The Bertz CT molecular complexity index is 363. The number of rotatable bonds is 6. The van der Waals surface area contributed by atoms with Gasteiger partial charge in [0, 0.05) is 5.56 Å². The Kier molecular flexibility index (Phi) is 5.26. The summed E-state index contributed by atoms with van der Waals surface area (Å²) in [5, 5.41) is 0. The minimum Gasteiger partial charge on any atom is -0.494 e. The molecular weight excluding hydrogens is 218 g/mol. The van der Waals surface area contributed by atoms with E-state index in [1.165, 1.54) is 12.8 Å². The molecule has 0 aliphatic carbocycles. The molecule has 3 heteroatoms. The number of benzene rings is 1. The number of thiocarbonyl (C=S) groups is 1. The molecule has 0 radical (unpaired) electrons. The lowest BCUT2D eigenvalue weighted by Gasteiger charge is -2.09. The van der Waals surface area contributed by atoms with Gasteiger partial charge in [0.15, 0.2) is 0 Å². The van der Waals surface area contributed by atoms with Crippen LogP contribution >= 0.6 is 12.2 Å². The van der Waals surface area contributed by atoms with Gasteiger partial charge >= 0.3 is 0 Å². The molecule has 88 valence electrons. The van der Waals surface area contributed by atoms with Gasteiger partial charge < -0.3 is 10.5 Å². The Balaban J connectivity index is 2.56. The first-order chi connectivity index (χ1) is 7.65. The quantitative estimate of drug-likeness (QED) is 0.609. The van der Waals surface area contributed by atoms with E-state index in [-0.39, 0.29) is 0 Å². The summed E-state index contributed by atoms with van der Waals surface area (Å²) < 4.78 is 5.64. The van der Waals surface area contributed by atoms with Crippen molar-refractivity contribution in [2.45, 2.75) is 33.1 Å². The van der Waals surface area contributed by atoms with Gasteiger partial charge in [-0.05, 0) is 37.1 Å². The third kappa shape index (κ3) is 3.81. The standard InChI is InChI=1S/C13H19NOS/c1-3-4-5-8-15-11-6-7-12(13(14)16)10(2)9-11/h6-7,9H,3-5,8H2,1-2H3,(H2,14,16). The van der Waals surface area contributed by atoms with Crippen LogP contribution in [-0.2, 0) is 0 Å². The van der Waals surface area contributed by atoms with Crippen LogP contribution in [0, 0.1) is 6.92 Å². The van der Waals surface area contributed by atoms with Crippen molar-refractivity contribution in [2.24, 2.45) is 5.73 Å². The number of unbranched alkanes of at least 4 members (excludes halogenated alkanes) is 2. The van der Waals surface area contributed by atoms with Crippen LogP contribution in [0.1, 0.15) is 37.3 Å². The molecular formula is C13H19NOS. The zero-order valence-corrected chi connectivity index (χ0v) is 10.8.